The highest BCUT2D eigenvalue weighted by molar-refractivity contribution is 5.29. The third kappa shape index (κ3) is 2.46. The fraction of sp³-hybridized carbons (Fsp3) is 0.308. The SMILES string of the molecule is COc1ccc(Cn2ncc(CN)c2OC)cc1. The molecule has 0 spiro atoms. The van der Waals surface area contributed by atoms with E-state index in [-0.39, 0.29) is 0 Å². The number of methoxy groups -OCH3 is 2. The monoisotopic (exact) mass is 247 g/mol. The van der Waals surface area contributed by atoms with E-state index in [4.69, 9.17) is 15.2 Å². The molecule has 2 aromatic rings. The van der Waals surface area contributed by atoms with Crippen LogP contribution in [0.1, 0.15) is 11.1 Å². The number of hydrogen-bond donors (Lipinski definition) is 1. The summed E-state index contributed by atoms with van der Waals surface area (Å²) in [6.07, 6.45) is 1.74. The van der Waals surface area contributed by atoms with Gasteiger partial charge in [0.25, 0.3) is 0 Å². The summed E-state index contributed by atoms with van der Waals surface area (Å²) in [5, 5.41) is 4.28. The van der Waals surface area contributed by atoms with Crippen molar-refractivity contribution in [1.29, 1.82) is 0 Å². The minimum absolute atomic E-state index is 0.422. The summed E-state index contributed by atoms with van der Waals surface area (Å²) in [6, 6.07) is 7.86. The molecule has 1 heterocycles. The first-order chi connectivity index (χ1) is 8.78. The average molecular weight is 247 g/mol. The third-order valence-corrected chi connectivity index (χ3v) is 2.77. The van der Waals surface area contributed by atoms with Gasteiger partial charge in [0.1, 0.15) is 5.75 Å². The molecule has 5 nitrogen and oxygen atoms in total. The van der Waals surface area contributed by atoms with Crippen LogP contribution in [0.3, 0.4) is 0 Å². The van der Waals surface area contributed by atoms with Crippen molar-refractivity contribution in [3.63, 3.8) is 0 Å². The van der Waals surface area contributed by atoms with Crippen LogP contribution in [0.2, 0.25) is 0 Å². The Morgan fingerprint density at radius 3 is 2.44 bits per heavy atom. The summed E-state index contributed by atoms with van der Waals surface area (Å²) >= 11 is 0. The molecule has 2 N–H and O–H groups in total. The number of rotatable bonds is 5. The summed E-state index contributed by atoms with van der Waals surface area (Å²) in [4.78, 5) is 0. The molecule has 0 aliphatic rings. The number of hydrogen-bond acceptors (Lipinski definition) is 4. The second-order valence-corrected chi connectivity index (χ2v) is 3.89. The van der Waals surface area contributed by atoms with Gasteiger partial charge >= 0.3 is 0 Å². The molecule has 2 rings (SSSR count). The molecule has 0 aliphatic carbocycles. The molecular weight excluding hydrogens is 230 g/mol. The van der Waals surface area contributed by atoms with Crippen molar-refractivity contribution < 1.29 is 9.47 Å². The smallest absolute Gasteiger partial charge is 0.216 e. The van der Waals surface area contributed by atoms with Crippen molar-refractivity contribution in [2.75, 3.05) is 14.2 Å². The maximum Gasteiger partial charge on any atom is 0.216 e. The van der Waals surface area contributed by atoms with Gasteiger partial charge in [-0.3, -0.25) is 0 Å². The van der Waals surface area contributed by atoms with Gasteiger partial charge in [-0.1, -0.05) is 12.1 Å². The molecule has 0 bridgehead atoms. The molecule has 0 unspecified atom stereocenters. The van der Waals surface area contributed by atoms with Gasteiger partial charge in [0.05, 0.1) is 27.0 Å². The van der Waals surface area contributed by atoms with Crippen molar-refractivity contribution in [1.82, 2.24) is 9.78 Å². The number of ether oxygens (including phenoxy) is 2. The Labute approximate surface area is 106 Å². The number of aromatic nitrogens is 2. The third-order valence-electron chi connectivity index (χ3n) is 2.77. The predicted molar refractivity (Wildman–Crippen MR) is 68.8 cm³/mol. The normalized spacial score (nSPS) is 10.4. The summed E-state index contributed by atoms with van der Waals surface area (Å²) in [5.74, 6) is 1.56. The highest BCUT2D eigenvalue weighted by Gasteiger charge is 2.10. The van der Waals surface area contributed by atoms with Crippen LogP contribution in [-0.2, 0) is 13.1 Å². The van der Waals surface area contributed by atoms with Crippen LogP contribution in [0.5, 0.6) is 11.6 Å². The zero-order valence-corrected chi connectivity index (χ0v) is 10.6. The van der Waals surface area contributed by atoms with E-state index < -0.39 is 0 Å². The van der Waals surface area contributed by atoms with Gasteiger partial charge in [-0.2, -0.15) is 5.10 Å². The topological polar surface area (TPSA) is 62.3 Å². The van der Waals surface area contributed by atoms with Crippen LogP contribution >= 0.6 is 0 Å². The highest BCUT2D eigenvalue weighted by Crippen LogP contribution is 2.19. The van der Waals surface area contributed by atoms with Crippen molar-refractivity contribution in [3.8, 4) is 11.6 Å². The lowest BCUT2D eigenvalue weighted by molar-refractivity contribution is 0.362. The van der Waals surface area contributed by atoms with E-state index in [9.17, 15) is 0 Å². The van der Waals surface area contributed by atoms with Gasteiger partial charge in [-0.05, 0) is 17.7 Å². The van der Waals surface area contributed by atoms with Crippen molar-refractivity contribution >= 4 is 0 Å². The molecule has 0 amide bonds. The van der Waals surface area contributed by atoms with Gasteiger partial charge in [0.2, 0.25) is 5.88 Å². The Kier molecular flexibility index (Phi) is 3.84. The highest BCUT2D eigenvalue weighted by atomic mass is 16.5. The van der Waals surface area contributed by atoms with Crippen LogP contribution in [0.25, 0.3) is 0 Å². The van der Waals surface area contributed by atoms with Gasteiger partial charge < -0.3 is 15.2 Å². The Morgan fingerprint density at radius 2 is 1.89 bits per heavy atom. The van der Waals surface area contributed by atoms with Crippen molar-refractivity contribution in [2.24, 2.45) is 5.73 Å². The van der Waals surface area contributed by atoms with E-state index in [2.05, 4.69) is 5.10 Å². The zero-order valence-electron chi connectivity index (χ0n) is 10.6. The lowest BCUT2D eigenvalue weighted by Crippen LogP contribution is -2.06. The molecule has 18 heavy (non-hydrogen) atoms. The molecule has 0 atom stereocenters. The minimum atomic E-state index is 0.422. The standard InChI is InChI=1S/C13H17N3O2/c1-17-12-5-3-10(4-6-12)9-16-13(18-2)11(7-14)8-15-16/h3-6,8H,7,9,14H2,1-2H3. The van der Waals surface area contributed by atoms with Crippen molar-refractivity contribution in [2.45, 2.75) is 13.1 Å². The van der Waals surface area contributed by atoms with E-state index >= 15 is 0 Å². The first-order valence-corrected chi connectivity index (χ1v) is 5.70. The fourth-order valence-corrected chi connectivity index (χ4v) is 1.81. The van der Waals surface area contributed by atoms with Crippen LogP contribution in [0.4, 0.5) is 0 Å². The molecule has 1 aromatic carbocycles. The number of nitrogens with zero attached hydrogens (tertiary/aromatic N) is 2. The summed E-state index contributed by atoms with van der Waals surface area (Å²) < 4.78 is 12.2. The van der Waals surface area contributed by atoms with Gasteiger partial charge in [-0.15, -0.1) is 0 Å². The summed E-state index contributed by atoms with van der Waals surface area (Å²) in [5.41, 5.74) is 7.66. The Bertz CT molecular complexity index is 505. The number of nitrogens with two attached hydrogens (primary N) is 1. The van der Waals surface area contributed by atoms with Gasteiger partial charge in [-0.25, -0.2) is 4.68 Å². The second-order valence-electron chi connectivity index (χ2n) is 3.89. The van der Waals surface area contributed by atoms with E-state index in [0.29, 0.717) is 19.0 Å². The van der Waals surface area contributed by atoms with E-state index in [0.717, 1.165) is 16.9 Å². The van der Waals surface area contributed by atoms with Crippen LogP contribution in [-0.4, -0.2) is 24.0 Å². The first-order valence-electron chi connectivity index (χ1n) is 5.70. The first kappa shape index (κ1) is 12.4. The molecular formula is C13H17N3O2. The molecule has 96 valence electrons. The molecule has 5 heteroatoms. The van der Waals surface area contributed by atoms with Crippen LogP contribution < -0.4 is 15.2 Å². The van der Waals surface area contributed by atoms with Gasteiger partial charge in [0, 0.05) is 12.1 Å². The fourth-order valence-electron chi connectivity index (χ4n) is 1.81. The van der Waals surface area contributed by atoms with E-state index in [1.165, 1.54) is 0 Å². The second kappa shape index (κ2) is 5.55. The Morgan fingerprint density at radius 1 is 1.17 bits per heavy atom. The van der Waals surface area contributed by atoms with E-state index in [1.807, 2.05) is 24.3 Å². The molecule has 0 saturated carbocycles. The molecule has 1 aromatic heterocycles. The predicted octanol–water partition coefficient (Wildman–Crippen LogP) is 1.41. The molecule has 0 aliphatic heterocycles. The largest absolute Gasteiger partial charge is 0.497 e. The minimum Gasteiger partial charge on any atom is -0.497 e. The summed E-state index contributed by atoms with van der Waals surface area (Å²) in [6.45, 7) is 1.07. The maximum absolute atomic E-state index is 5.62. The van der Waals surface area contributed by atoms with Gasteiger partial charge in [0.15, 0.2) is 0 Å². The summed E-state index contributed by atoms with van der Waals surface area (Å²) in [7, 11) is 3.28. The average Bonchev–Trinajstić information content (AvgIpc) is 2.81. The van der Waals surface area contributed by atoms with Crippen LogP contribution in [0, 0.1) is 0 Å². The maximum atomic E-state index is 5.62. The lowest BCUT2D eigenvalue weighted by Gasteiger charge is -2.08. The number of benzene rings is 1. The molecule has 0 radical (unpaired) electrons. The molecule has 0 saturated heterocycles. The quantitative estimate of drug-likeness (QED) is 0.867. The van der Waals surface area contributed by atoms with E-state index in [1.54, 1.807) is 25.1 Å². The molecule has 0 fully saturated rings. The zero-order chi connectivity index (χ0) is 13.0. The lowest BCUT2D eigenvalue weighted by atomic mass is 10.2. The Hall–Kier alpha value is -2.01. The Balaban J connectivity index is 2.19. The van der Waals surface area contributed by atoms with Crippen molar-refractivity contribution in [3.05, 3.63) is 41.6 Å². The van der Waals surface area contributed by atoms with Crippen LogP contribution in [0.15, 0.2) is 30.5 Å².